The highest BCUT2D eigenvalue weighted by molar-refractivity contribution is 5.75. The molecule has 0 aliphatic carbocycles. The van der Waals surface area contributed by atoms with Crippen molar-refractivity contribution in [3.05, 3.63) is 0 Å². The van der Waals surface area contributed by atoms with E-state index in [9.17, 15) is 4.79 Å². The molecule has 3 heteroatoms. The molecule has 0 radical (unpaired) electrons. The third-order valence-electron chi connectivity index (χ3n) is 2.30. The first kappa shape index (κ1) is 12.4. The van der Waals surface area contributed by atoms with Gasteiger partial charge in [-0.1, -0.05) is 20.3 Å². The lowest BCUT2D eigenvalue weighted by Gasteiger charge is -2.20. The van der Waals surface area contributed by atoms with Crippen LogP contribution in [0.1, 0.15) is 33.1 Å². The first-order chi connectivity index (χ1) is 6.11. The highest BCUT2D eigenvalue weighted by Crippen LogP contribution is 2.04. The number of carbonyl (C=O) groups excluding carboxylic acids is 1. The molecule has 13 heavy (non-hydrogen) atoms. The summed E-state index contributed by atoms with van der Waals surface area (Å²) < 4.78 is 0. The molecule has 1 unspecified atom stereocenters. The summed E-state index contributed by atoms with van der Waals surface area (Å²) in [6.07, 6.45) is 2.50. The molecular weight excluding hydrogens is 164 g/mol. The number of nitrogens with zero attached hydrogens (tertiary/aromatic N) is 1. The van der Waals surface area contributed by atoms with Gasteiger partial charge >= 0.3 is 0 Å². The van der Waals surface area contributed by atoms with Gasteiger partial charge in [-0.2, -0.15) is 0 Å². The van der Waals surface area contributed by atoms with Crippen molar-refractivity contribution in [1.82, 2.24) is 4.90 Å². The zero-order chi connectivity index (χ0) is 10.3. The Bertz CT molecular complexity index is 148. The smallest absolute Gasteiger partial charge is 0.222 e. The fourth-order valence-corrected chi connectivity index (χ4v) is 1.14. The standard InChI is InChI=1S/C10H22N2O/c1-4-9(2)8-12(3)10(13)6-5-7-11/h9H,4-8,11H2,1-3H3. The molecule has 0 aromatic heterocycles. The van der Waals surface area contributed by atoms with Crippen molar-refractivity contribution in [2.75, 3.05) is 20.1 Å². The topological polar surface area (TPSA) is 46.3 Å². The molecule has 0 bridgehead atoms. The van der Waals surface area contributed by atoms with Gasteiger partial charge in [-0.05, 0) is 18.9 Å². The zero-order valence-corrected chi connectivity index (χ0v) is 9.05. The zero-order valence-electron chi connectivity index (χ0n) is 9.05. The van der Waals surface area contributed by atoms with Crippen molar-refractivity contribution in [3.8, 4) is 0 Å². The maximum atomic E-state index is 11.4. The minimum absolute atomic E-state index is 0.214. The van der Waals surface area contributed by atoms with Crippen LogP contribution < -0.4 is 5.73 Å². The molecular formula is C10H22N2O. The van der Waals surface area contributed by atoms with Gasteiger partial charge in [0.25, 0.3) is 0 Å². The third-order valence-corrected chi connectivity index (χ3v) is 2.30. The second-order valence-electron chi connectivity index (χ2n) is 3.68. The van der Waals surface area contributed by atoms with Crippen LogP contribution in [-0.4, -0.2) is 30.9 Å². The van der Waals surface area contributed by atoms with Crippen molar-refractivity contribution in [2.24, 2.45) is 11.7 Å². The average Bonchev–Trinajstić information content (AvgIpc) is 2.13. The van der Waals surface area contributed by atoms with Crippen molar-refractivity contribution < 1.29 is 4.79 Å². The lowest BCUT2D eigenvalue weighted by molar-refractivity contribution is -0.130. The Hall–Kier alpha value is -0.570. The van der Waals surface area contributed by atoms with Crippen LogP contribution in [-0.2, 0) is 4.79 Å². The molecule has 0 heterocycles. The maximum Gasteiger partial charge on any atom is 0.222 e. The van der Waals surface area contributed by atoms with E-state index in [4.69, 9.17) is 5.73 Å². The van der Waals surface area contributed by atoms with Crippen molar-refractivity contribution in [3.63, 3.8) is 0 Å². The highest BCUT2D eigenvalue weighted by atomic mass is 16.2. The minimum atomic E-state index is 0.214. The van der Waals surface area contributed by atoms with Crippen LogP contribution in [0.5, 0.6) is 0 Å². The quantitative estimate of drug-likeness (QED) is 0.678. The number of carbonyl (C=O) groups is 1. The first-order valence-corrected chi connectivity index (χ1v) is 5.05. The van der Waals surface area contributed by atoms with E-state index < -0.39 is 0 Å². The van der Waals surface area contributed by atoms with Crippen LogP contribution in [0, 0.1) is 5.92 Å². The van der Waals surface area contributed by atoms with Gasteiger partial charge in [0.1, 0.15) is 0 Å². The van der Waals surface area contributed by atoms with E-state index in [-0.39, 0.29) is 5.91 Å². The fourth-order valence-electron chi connectivity index (χ4n) is 1.14. The predicted octanol–water partition coefficient (Wildman–Crippen LogP) is 1.23. The van der Waals surface area contributed by atoms with Crippen LogP contribution in [0.4, 0.5) is 0 Å². The lowest BCUT2D eigenvalue weighted by atomic mass is 10.1. The Morgan fingerprint density at radius 3 is 2.62 bits per heavy atom. The van der Waals surface area contributed by atoms with Crippen LogP contribution in [0.3, 0.4) is 0 Å². The lowest BCUT2D eigenvalue weighted by Crippen LogP contribution is -2.31. The SMILES string of the molecule is CCC(C)CN(C)C(=O)CCCN. The summed E-state index contributed by atoms with van der Waals surface area (Å²) in [5.41, 5.74) is 5.33. The normalized spacial score (nSPS) is 12.6. The van der Waals surface area contributed by atoms with Crippen molar-refractivity contribution >= 4 is 5.91 Å². The molecule has 1 atom stereocenters. The molecule has 0 aromatic carbocycles. The molecule has 3 nitrogen and oxygen atoms in total. The number of hydrogen-bond acceptors (Lipinski definition) is 2. The Kier molecular flexibility index (Phi) is 6.59. The van der Waals surface area contributed by atoms with Gasteiger partial charge in [-0.15, -0.1) is 0 Å². The first-order valence-electron chi connectivity index (χ1n) is 5.05. The largest absolute Gasteiger partial charge is 0.345 e. The van der Waals surface area contributed by atoms with E-state index in [2.05, 4.69) is 13.8 Å². The molecule has 0 aliphatic heterocycles. The summed E-state index contributed by atoms with van der Waals surface area (Å²) >= 11 is 0. The summed E-state index contributed by atoms with van der Waals surface area (Å²) in [6.45, 7) is 5.76. The molecule has 0 rings (SSSR count). The van der Waals surface area contributed by atoms with Crippen LogP contribution in [0.2, 0.25) is 0 Å². The van der Waals surface area contributed by atoms with E-state index in [1.165, 1.54) is 0 Å². The average molecular weight is 186 g/mol. The van der Waals surface area contributed by atoms with Gasteiger partial charge in [0, 0.05) is 20.0 Å². The Morgan fingerprint density at radius 2 is 2.15 bits per heavy atom. The van der Waals surface area contributed by atoms with E-state index >= 15 is 0 Å². The molecule has 78 valence electrons. The number of amides is 1. The Balaban J connectivity index is 3.68. The fraction of sp³-hybridized carbons (Fsp3) is 0.900. The van der Waals surface area contributed by atoms with E-state index in [0.29, 0.717) is 18.9 Å². The molecule has 2 N–H and O–H groups in total. The second-order valence-corrected chi connectivity index (χ2v) is 3.68. The molecule has 0 aliphatic rings. The van der Waals surface area contributed by atoms with Gasteiger partial charge in [-0.3, -0.25) is 4.79 Å². The Labute approximate surface area is 81.3 Å². The number of nitrogens with two attached hydrogens (primary N) is 1. The molecule has 0 saturated carbocycles. The van der Waals surface area contributed by atoms with Crippen LogP contribution in [0.25, 0.3) is 0 Å². The summed E-state index contributed by atoms with van der Waals surface area (Å²) in [7, 11) is 1.87. The van der Waals surface area contributed by atoms with Gasteiger partial charge in [-0.25, -0.2) is 0 Å². The summed E-state index contributed by atoms with van der Waals surface area (Å²) in [5, 5.41) is 0. The highest BCUT2D eigenvalue weighted by Gasteiger charge is 2.10. The van der Waals surface area contributed by atoms with Crippen molar-refractivity contribution in [1.29, 1.82) is 0 Å². The molecule has 0 aromatic rings. The summed E-state index contributed by atoms with van der Waals surface area (Å²) in [6, 6.07) is 0. The van der Waals surface area contributed by atoms with Gasteiger partial charge in [0.15, 0.2) is 0 Å². The predicted molar refractivity (Wildman–Crippen MR) is 55.4 cm³/mol. The van der Waals surface area contributed by atoms with Gasteiger partial charge < -0.3 is 10.6 Å². The second kappa shape index (κ2) is 6.89. The van der Waals surface area contributed by atoms with Gasteiger partial charge in [0.2, 0.25) is 5.91 Å². The molecule has 0 fully saturated rings. The van der Waals surface area contributed by atoms with Crippen LogP contribution >= 0.6 is 0 Å². The monoisotopic (exact) mass is 186 g/mol. The summed E-state index contributed by atoms with van der Waals surface area (Å²) in [5.74, 6) is 0.803. The van der Waals surface area contributed by atoms with Crippen molar-refractivity contribution in [2.45, 2.75) is 33.1 Å². The molecule has 1 amide bonds. The van der Waals surface area contributed by atoms with E-state index in [1.807, 2.05) is 11.9 Å². The number of rotatable bonds is 6. The Morgan fingerprint density at radius 1 is 1.54 bits per heavy atom. The van der Waals surface area contributed by atoms with Crippen LogP contribution in [0.15, 0.2) is 0 Å². The molecule has 0 saturated heterocycles. The summed E-state index contributed by atoms with van der Waals surface area (Å²) in [4.78, 5) is 13.2. The third kappa shape index (κ3) is 5.64. The van der Waals surface area contributed by atoms with E-state index in [1.54, 1.807) is 0 Å². The maximum absolute atomic E-state index is 11.4. The molecule has 0 spiro atoms. The minimum Gasteiger partial charge on any atom is -0.345 e. The van der Waals surface area contributed by atoms with E-state index in [0.717, 1.165) is 19.4 Å². The van der Waals surface area contributed by atoms with Gasteiger partial charge in [0.05, 0.1) is 0 Å². The number of hydrogen-bond donors (Lipinski definition) is 1.